The highest BCUT2D eigenvalue weighted by Crippen LogP contribution is 2.42. The summed E-state index contributed by atoms with van der Waals surface area (Å²) in [6.45, 7) is 0.597. The zero-order valence-electron chi connectivity index (χ0n) is 14.9. The van der Waals surface area contributed by atoms with E-state index in [0.29, 0.717) is 35.4 Å². The zero-order chi connectivity index (χ0) is 18.2. The van der Waals surface area contributed by atoms with Gasteiger partial charge in [0.15, 0.2) is 11.5 Å². The molecule has 0 saturated heterocycles. The van der Waals surface area contributed by atoms with Crippen molar-refractivity contribution in [3.05, 3.63) is 12.1 Å². The van der Waals surface area contributed by atoms with Crippen LogP contribution in [0.1, 0.15) is 25.7 Å². The van der Waals surface area contributed by atoms with Crippen LogP contribution in [0, 0.1) is 23.2 Å². The Hall–Kier alpha value is -2.62. The summed E-state index contributed by atoms with van der Waals surface area (Å²) >= 11 is 0. The van der Waals surface area contributed by atoms with Gasteiger partial charge < -0.3 is 24.8 Å². The third kappa shape index (κ3) is 4.69. The summed E-state index contributed by atoms with van der Waals surface area (Å²) < 4.78 is 15.9. The number of benzene rings is 1. The van der Waals surface area contributed by atoms with Gasteiger partial charge in [-0.25, -0.2) is 4.79 Å². The summed E-state index contributed by atoms with van der Waals surface area (Å²) in [6.07, 6.45) is 3.76. The number of hydrogen-bond donors (Lipinski definition) is 2. The number of ether oxygens (including phenoxy) is 3. The van der Waals surface area contributed by atoms with E-state index in [9.17, 15) is 4.79 Å². The van der Waals surface area contributed by atoms with Gasteiger partial charge in [0.05, 0.1) is 33.1 Å². The predicted octanol–water partition coefficient (Wildman–Crippen LogP) is 3.16. The average molecular weight is 347 g/mol. The van der Waals surface area contributed by atoms with Gasteiger partial charge in [0.25, 0.3) is 0 Å². The Bertz CT molecular complexity index is 634. The van der Waals surface area contributed by atoms with Gasteiger partial charge in [-0.3, -0.25) is 0 Å². The summed E-state index contributed by atoms with van der Waals surface area (Å²) in [5.41, 5.74) is 0.505. The highest BCUT2D eigenvalue weighted by Gasteiger charge is 2.22. The highest BCUT2D eigenvalue weighted by molar-refractivity contribution is 5.92. The van der Waals surface area contributed by atoms with Gasteiger partial charge in [0.2, 0.25) is 5.75 Å². The lowest BCUT2D eigenvalue weighted by Gasteiger charge is -2.25. The van der Waals surface area contributed by atoms with Crippen LogP contribution < -0.4 is 24.8 Å². The summed E-state index contributed by atoms with van der Waals surface area (Å²) in [5.74, 6) is 1.95. The molecule has 0 aromatic heterocycles. The minimum absolute atomic E-state index is 0.168. The van der Waals surface area contributed by atoms with Gasteiger partial charge in [0, 0.05) is 12.5 Å². The van der Waals surface area contributed by atoms with Crippen LogP contribution in [0.5, 0.6) is 17.2 Å². The van der Waals surface area contributed by atoms with Crippen LogP contribution in [0.15, 0.2) is 12.1 Å². The van der Waals surface area contributed by atoms with Crippen molar-refractivity contribution >= 4 is 11.7 Å². The van der Waals surface area contributed by atoms with E-state index in [0.717, 1.165) is 25.7 Å². The Morgan fingerprint density at radius 1 is 1.12 bits per heavy atom. The maximum absolute atomic E-state index is 12.2. The minimum atomic E-state index is -0.298. The summed E-state index contributed by atoms with van der Waals surface area (Å²) in [6, 6.07) is 5.44. The Morgan fingerprint density at radius 3 is 2.36 bits per heavy atom. The first kappa shape index (κ1) is 18.7. The number of carbonyl (C=O) groups is 1. The second-order valence-corrected chi connectivity index (χ2v) is 6.06. The van der Waals surface area contributed by atoms with Crippen LogP contribution in [-0.2, 0) is 0 Å². The topological polar surface area (TPSA) is 92.6 Å². The Morgan fingerprint density at radius 2 is 1.80 bits per heavy atom. The van der Waals surface area contributed by atoms with Crippen molar-refractivity contribution in [1.82, 2.24) is 5.32 Å². The number of urea groups is 1. The summed E-state index contributed by atoms with van der Waals surface area (Å²) in [7, 11) is 4.56. The molecule has 0 spiro atoms. The quantitative estimate of drug-likeness (QED) is 0.824. The van der Waals surface area contributed by atoms with Crippen LogP contribution in [-0.4, -0.2) is 33.9 Å². The van der Waals surface area contributed by atoms with E-state index in [1.165, 1.54) is 21.3 Å². The molecular formula is C18H25N3O4. The fourth-order valence-electron chi connectivity index (χ4n) is 3.10. The van der Waals surface area contributed by atoms with Crippen molar-refractivity contribution in [2.75, 3.05) is 33.2 Å². The second kappa shape index (κ2) is 9.02. The molecule has 2 amide bonds. The maximum Gasteiger partial charge on any atom is 0.319 e. The van der Waals surface area contributed by atoms with Crippen molar-refractivity contribution < 1.29 is 19.0 Å². The largest absolute Gasteiger partial charge is 0.493 e. The number of nitrogens with one attached hydrogen (secondary N) is 2. The standard InChI is InChI=1S/C18H25N3O4/c1-23-15-9-8-14(16(24-2)17(15)25-3)21-18(22)20-11-13-6-4-12(10-19)5-7-13/h8-9,12-13H,4-7,11H2,1-3H3,(H2,20,21,22). The molecule has 7 nitrogen and oxygen atoms in total. The van der Waals surface area contributed by atoms with Gasteiger partial charge in [-0.05, 0) is 43.7 Å². The molecule has 1 aliphatic rings. The molecule has 0 radical (unpaired) electrons. The molecule has 0 heterocycles. The molecule has 7 heteroatoms. The van der Waals surface area contributed by atoms with E-state index >= 15 is 0 Å². The van der Waals surface area contributed by atoms with Gasteiger partial charge in [-0.1, -0.05) is 0 Å². The van der Waals surface area contributed by atoms with Crippen LogP contribution in [0.4, 0.5) is 10.5 Å². The molecule has 136 valence electrons. The zero-order valence-corrected chi connectivity index (χ0v) is 14.9. The molecule has 2 N–H and O–H groups in total. The molecule has 2 rings (SSSR count). The molecule has 0 atom stereocenters. The van der Waals surface area contributed by atoms with Gasteiger partial charge in [-0.2, -0.15) is 5.26 Å². The lowest BCUT2D eigenvalue weighted by Crippen LogP contribution is -2.34. The lowest BCUT2D eigenvalue weighted by molar-refractivity contribution is 0.245. The van der Waals surface area contributed by atoms with Crippen molar-refractivity contribution in [3.8, 4) is 23.3 Å². The van der Waals surface area contributed by atoms with Crippen LogP contribution in [0.2, 0.25) is 0 Å². The molecule has 1 aromatic carbocycles. The van der Waals surface area contributed by atoms with Crippen LogP contribution in [0.25, 0.3) is 0 Å². The Balaban J connectivity index is 1.93. The predicted molar refractivity (Wildman–Crippen MR) is 94.2 cm³/mol. The van der Waals surface area contributed by atoms with Gasteiger partial charge in [-0.15, -0.1) is 0 Å². The van der Waals surface area contributed by atoms with Crippen LogP contribution in [0.3, 0.4) is 0 Å². The van der Waals surface area contributed by atoms with Crippen molar-refractivity contribution in [2.24, 2.45) is 11.8 Å². The molecule has 0 aliphatic heterocycles. The van der Waals surface area contributed by atoms with Gasteiger partial charge in [0.1, 0.15) is 0 Å². The smallest absolute Gasteiger partial charge is 0.319 e. The lowest BCUT2D eigenvalue weighted by atomic mass is 9.83. The number of carbonyl (C=O) groups excluding carboxylic acids is 1. The van der Waals surface area contributed by atoms with E-state index in [1.807, 2.05) is 0 Å². The summed E-state index contributed by atoms with van der Waals surface area (Å²) in [4.78, 5) is 12.2. The summed E-state index contributed by atoms with van der Waals surface area (Å²) in [5, 5.41) is 14.6. The third-order valence-electron chi connectivity index (χ3n) is 4.53. The van der Waals surface area contributed by atoms with E-state index in [4.69, 9.17) is 19.5 Å². The third-order valence-corrected chi connectivity index (χ3v) is 4.53. The molecule has 1 fully saturated rings. The van der Waals surface area contributed by atoms with E-state index in [2.05, 4.69) is 16.7 Å². The van der Waals surface area contributed by atoms with Crippen molar-refractivity contribution in [1.29, 1.82) is 5.26 Å². The molecule has 1 aliphatic carbocycles. The molecule has 0 bridgehead atoms. The highest BCUT2D eigenvalue weighted by atomic mass is 16.5. The number of amides is 2. The monoisotopic (exact) mass is 347 g/mol. The van der Waals surface area contributed by atoms with Crippen molar-refractivity contribution in [3.63, 3.8) is 0 Å². The molecule has 1 aromatic rings. The fraction of sp³-hybridized carbons (Fsp3) is 0.556. The Kier molecular flexibility index (Phi) is 6.75. The SMILES string of the molecule is COc1ccc(NC(=O)NCC2CCC(C#N)CC2)c(OC)c1OC. The van der Waals surface area contributed by atoms with E-state index < -0.39 is 0 Å². The first-order valence-corrected chi connectivity index (χ1v) is 8.36. The molecule has 1 saturated carbocycles. The second-order valence-electron chi connectivity index (χ2n) is 6.06. The normalized spacial score (nSPS) is 19.4. The van der Waals surface area contributed by atoms with Crippen LogP contribution >= 0.6 is 0 Å². The first-order chi connectivity index (χ1) is 12.1. The molecule has 25 heavy (non-hydrogen) atoms. The number of nitriles is 1. The van der Waals surface area contributed by atoms with E-state index in [-0.39, 0.29) is 11.9 Å². The number of hydrogen-bond acceptors (Lipinski definition) is 5. The molecule has 0 unspecified atom stereocenters. The molecular weight excluding hydrogens is 322 g/mol. The minimum Gasteiger partial charge on any atom is -0.493 e. The number of methoxy groups -OCH3 is 3. The fourth-order valence-corrected chi connectivity index (χ4v) is 3.10. The average Bonchev–Trinajstić information content (AvgIpc) is 2.66. The number of rotatable bonds is 6. The van der Waals surface area contributed by atoms with E-state index in [1.54, 1.807) is 12.1 Å². The Labute approximate surface area is 148 Å². The first-order valence-electron chi connectivity index (χ1n) is 8.36. The van der Waals surface area contributed by atoms with Crippen molar-refractivity contribution in [2.45, 2.75) is 25.7 Å². The maximum atomic E-state index is 12.2. The van der Waals surface area contributed by atoms with Gasteiger partial charge >= 0.3 is 6.03 Å². The number of anilines is 1. The number of nitrogens with zero attached hydrogens (tertiary/aromatic N) is 1.